The average Bonchev–Trinajstić information content (AvgIpc) is 3.29. The first-order valence-corrected chi connectivity index (χ1v) is 8.39. The van der Waals surface area contributed by atoms with E-state index in [0.29, 0.717) is 6.42 Å². The van der Waals surface area contributed by atoms with Crippen LogP contribution in [0.4, 0.5) is 0 Å². The van der Waals surface area contributed by atoms with Crippen molar-refractivity contribution < 1.29 is 24.0 Å². The summed E-state index contributed by atoms with van der Waals surface area (Å²) in [5.74, 6) is -1.13. The quantitative estimate of drug-likeness (QED) is 0.713. The molecule has 2 aromatic rings. The molecule has 2 saturated heterocycles. The normalized spacial score (nSPS) is 26.7. The van der Waals surface area contributed by atoms with E-state index >= 15 is 0 Å². The lowest BCUT2D eigenvalue weighted by atomic mass is 9.75. The zero-order chi connectivity index (χ0) is 16.7. The molecule has 6 nitrogen and oxygen atoms in total. The van der Waals surface area contributed by atoms with E-state index in [-0.39, 0.29) is 24.0 Å². The molecule has 0 aliphatic carbocycles. The smallest absolute Gasteiger partial charge is 0.464 e. The Morgan fingerprint density at radius 3 is 2.88 bits per heavy atom. The maximum atomic E-state index is 12.5. The molecule has 1 amide bonds. The second-order valence-electron chi connectivity index (χ2n) is 6.71. The van der Waals surface area contributed by atoms with Crippen LogP contribution in [0, 0.1) is 5.92 Å². The molecule has 2 aliphatic rings. The van der Waals surface area contributed by atoms with Crippen molar-refractivity contribution in [3.8, 4) is 0 Å². The Morgan fingerprint density at radius 2 is 2.17 bits per heavy atom. The van der Waals surface area contributed by atoms with Gasteiger partial charge >= 0.3 is 7.12 Å². The van der Waals surface area contributed by atoms with Crippen LogP contribution in [0.15, 0.2) is 34.9 Å². The number of carbonyl (C=O) groups excluding carboxylic acids is 1. The summed E-state index contributed by atoms with van der Waals surface area (Å²) in [5.41, 5.74) is 1.58. The summed E-state index contributed by atoms with van der Waals surface area (Å²) in [7, 11) is -1.64. The molecule has 2 fully saturated rings. The van der Waals surface area contributed by atoms with E-state index in [1.54, 1.807) is 6.26 Å². The van der Waals surface area contributed by atoms with Crippen molar-refractivity contribution in [2.75, 3.05) is 0 Å². The third-order valence-electron chi connectivity index (χ3n) is 5.13. The number of fused-ring (bicyclic) bond motifs is 3. The molecule has 0 radical (unpaired) electrons. The topological polar surface area (TPSA) is 91.9 Å². The van der Waals surface area contributed by atoms with Gasteiger partial charge in [-0.25, -0.2) is 0 Å². The predicted molar refractivity (Wildman–Crippen MR) is 88.0 cm³/mol. The minimum atomic E-state index is -1.64. The van der Waals surface area contributed by atoms with Crippen molar-refractivity contribution in [2.24, 2.45) is 5.92 Å². The summed E-state index contributed by atoms with van der Waals surface area (Å²) < 4.78 is 11.2. The molecule has 24 heavy (non-hydrogen) atoms. The second kappa shape index (κ2) is 6.24. The minimum absolute atomic E-state index is 0.0266. The van der Waals surface area contributed by atoms with Gasteiger partial charge in [-0.1, -0.05) is 18.2 Å². The molecule has 1 aromatic carbocycles. The number of para-hydroxylation sites is 1. The number of hydrogen-bond donors (Lipinski definition) is 3. The van der Waals surface area contributed by atoms with Crippen molar-refractivity contribution in [2.45, 2.75) is 43.8 Å². The van der Waals surface area contributed by atoms with Gasteiger partial charge in [0, 0.05) is 5.39 Å². The molecule has 126 valence electrons. The molecule has 0 unspecified atom stereocenters. The van der Waals surface area contributed by atoms with Crippen LogP contribution in [0.3, 0.4) is 0 Å². The van der Waals surface area contributed by atoms with Gasteiger partial charge in [0.25, 0.3) is 0 Å². The molecule has 3 heterocycles. The van der Waals surface area contributed by atoms with Crippen LogP contribution in [0.5, 0.6) is 0 Å². The fourth-order valence-electron chi connectivity index (χ4n) is 3.86. The largest absolute Gasteiger partial charge is 0.475 e. The average molecular weight is 329 g/mol. The van der Waals surface area contributed by atoms with E-state index in [1.807, 2.05) is 24.3 Å². The van der Waals surface area contributed by atoms with Gasteiger partial charge in [0.15, 0.2) is 0 Å². The standard InChI is InChI=1S/C17H20BNO5/c20-17(13-8-11-5-6-15(13)24-11)19-16(18(21)22)7-10-9-23-14-4-2-1-3-12(10)14/h1-4,9,11,13,15-16,21-22H,5-8H2,(H,19,20)/t11-,13+,15+,16+/m1/s1. The fraction of sp³-hybridized carbons (Fsp3) is 0.471. The van der Waals surface area contributed by atoms with E-state index in [1.165, 1.54) is 0 Å². The maximum Gasteiger partial charge on any atom is 0.475 e. The first kappa shape index (κ1) is 15.7. The van der Waals surface area contributed by atoms with Gasteiger partial charge in [0.2, 0.25) is 5.91 Å². The van der Waals surface area contributed by atoms with Crippen LogP contribution in [0.1, 0.15) is 24.8 Å². The molecule has 2 bridgehead atoms. The zero-order valence-corrected chi connectivity index (χ0v) is 13.2. The highest BCUT2D eigenvalue weighted by molar-refractivity contribution is 6.43. The highest BCUT2D eigenvalue weighted by Crippen LogP contribution is 2.38. The molecule has 7 heteroatoms. The van der Waals surface area contributed by atoms with Crippen molar-refractivity contribution in [1.29, 1.82) is 0 Å². The van der Waals surface area contributed by atoms with Gasteiger partial charge in [-0.05, 0) is 37.3 Å². The van der Waals surface area contributed by atoms with Gasteiger partial charge in [0.1, 0.15) is 5.58 Å². The molecular formula is C17H20BNO5. The molecule has 0 saturated carbocycles. The number of benzene rings is 1. The second-order valence-corrected chi connectivity index (χ2v) is 6.71. The SMILES string of the molecule is O=C(N[C@@H](Cc1coc2ccccc12)B(O)O)[C@H]1C[C@H]2CC[C@@H]1O2. The Bertz CT molecular complexity index is 745. The molecule has 2 aliphatic heterocycles. The summed E-state index contributed by atoms with van der Waals surface area (Å²) in [5, 5.41) is 23.1. The van der Waals surface area contributed by atoms with Crippen molar-refractivity contribution in [1.82, 2.24) is 5.32 Å². The van der Waals surface area contributed by atoms with E-state index in [2.05, 4.69) is 5.32 Å². The van der Waals surface area contributed by atoms with Crippen LogP contribution in [0.25, 0.3) is 11.0 Å². The number of rotatable bonds is 5. The van der Waals surface area contributed by atoms with Gasteiger partial charge in [0.05, 0.1) is 30.3 Å². The van der Waals surface area contributed by atoms with Crippen LogP contribution in [-0.2, 0) is 16.0 Å². The Labute approximate surface area is 139 Å². The van der Waals surface area contributed by atoms with E-state index < -0.39 is 13.1 Å². The van der Waals surface area contributed by atoms with Crippen LogP contribution in [-0.4, -0.2) is 41.2 Å². The Hall–Kier alpha value is -1.83. The van der Waals surface area contributed by atoms with E-state index in [9.17, 15) is 14.8 Å². The molecular weight excluding hydrogens is 309 g/mol. The summed E-state index contributed by atoms with van der Waals surface area (Å²) in [6, 6.07) is 7.55. The highest BCUT2D eigenvalue weighted by Gasteiger charge is 2.45. The van der Waals surface area contributed by atoms with Gasteiger partial charge in [-0.15, -0.1) is 0 Å². The number of hydrogen-bond acceptors (Lipinski definition) is 5. The summed E-state index contributed by atoms with van der Waals surface area (Å²) in [6.07, 6.45) is 4.69. The van der Waals surface area contributed by atoms with Crippen molar-refractivity contribution in [3.63, 3.8) is 0 Å². The Kier molecular flexibility index (Phi) is 4.08. The molecule has 3 N–H and O–H groups in total. The van der Waals surface area contributed by atoms with Crippen LogP contribution >= 0.6 is 0 Å². The Morgan fingerprint density at radius 1 is 1.33 bits per heavy atom. The minimum Gasteiger partial charge on any atom is -0.464 e. The third kappa shape index (κ3) is 2.83. The van der Waals surface area contributed by atoms with Crippen molar-refractivity contribution in [3.05, 3.63) is 36.1 Å². The predicted octanol–water partition coefficient (Wildman–Crippen LogP) is 1.04. The number of amides is 1. The fourth-order valence-corrected chi connectivity index (χ4v) is 3.86. The number of carbonyl (C=O) groups is 1. The molecule has 4 atom stereocenters. The van der Waals surface area contributed by atoms with Crippen LogP contribution in [0.2, 0.25) is 0 Å². The van der Waals surface area contributed by atoms with Gasteiger partial charge < -0.3 is 24.5 Å². The Balaban J connectivity index is 1.47. The third-order valence-corrected chi connectivity index (χ3v) is 5.13. The summed E-state index contributed by atoms with van der Waals surface area (Å²) >= 11 is 0. The number of nitrogens with one attached hydrogen (secondary N) is 1. The molecule has 1 aromatic heterocycles. The lowest BCUT2D eigenvalue weighted by Gasteiger charge is -2.23. The lowest BCUT2D eigenvalue weighted by molar-refractivity contribution is -0.126. The van der Waals surface area contributed by atoms with Crippen molar-refractivity contribution >= 4 is 24.0 Å². The first-order valence-electron chi connectivity index (χ1n) is 8.39. The van der Waals surface area contributed by atoms with E-state index in [4.69, 9.17) is 9.15 Å². The van der Waals surface area contributed by atoms with Gasteiger partial charge in [-0.3, -0.25) is 4.79 Å². The molecule has 4 rings (SSSR count). The summed E-state index contributed by atoms with van der Waals surface area (Å²) in [6.45, 7) is 0. The monoisotopic (exact) mass is 329 g/mol. The summed E-state index contributed by atoms with van der Waals surface area (Å²) in [4.78, 5) is 12.5. The maximum absolute atomic E-state index is 12.5. The van der Waals surface area contributed by atoms with Crippen LogP contribution < -0.4 is 5.32 Å². The van der Waals surface area contributed by atoms with E-state index in [0.717, 1.165) is 35.8 Å². The first-order chi connectivity index (χ1) is 11.6. The lowest BCUT2D eigenvalue weighted by Crippen LogP contribution is -2.50. The molecule has 0 spiro atoms. The number of furan rings is 1. The number of ether oxygens (including phenoxy) is 1. The highest BCUT2D eigenvalue weighted by atomic mass is 16.5. The van der Waals surface area contributed by atoms with Gasteiger partial charge in [-0.2, -0.15) is 0 Å². The zero-order valence-electron chi connectivity index (χ0n) is 13.2.